The van der Waals surface area contributed by atoms with Crippen molar-refractivity contribution in [2.45, 2.75) is 152 Å². The van der Waals surface area contributed by atoms with Gasteiger partial charge in [0.25, 0.3) is 0 Å². The van der Waals surface area contributed by atoms with Crippen LogP contribution in [-0.4, -0.2) is 13.7 Å². The Kier molecular flexibility index (Phi) is 10.6. The monoisotopic (exact) mass is 862 g/mol. The molecule has 0 radical (unpaired) electrons. The van der Waals surface area contributed by atoms with Crippen LogP contribution in [0.1, 0.15) is 154 Å². The van der Waals surface area contributed by atoms with Crippen LogP contribution < -0.4 is 5.43 Å². The van der Waals surface area contributed by atoms with E-state index in [0.717, 1.165) is 47.1 Å². The normalized spacial score (nSPS) is 14.5. The fourth-order valence-corrected chi connectivity index (χ4v) is 10.9. The summed E-state index contributed by atoms with van der Waals surface area (Å²) in [5, 5.41) is 4.60. The zero-order chi connectivity index (χ0) is 46.7. The number of benzene rings is 5. The Hall–Kier alpha value is -5.61. The molecule has 0 aliphatic heterocycles. The lowest BCUT2D eigenvalue weighted by Crippen LogP contribution is -2.25. The van der Waals surface area contributed by atoms with Crippen molar-refractivity contribution in [1.29, 1.82) is 0 Å². The first-order chi connectivity index (χ1) is 30.5. The maximum Gasteiger partial charge on any atom is 0.193 e. The molecule has 0 saturated heterocycles. The summed E-state index contributed by atoms with van der Waals surface area (Å²) in [6.07, 6.45) is 5.27. The lowest BCUT2D eigenvalue weighted by Gasteiger charge is -2.28. The zero-order valence-electron chi connectivity index (χ0n) is 42.0. The second-order valence-electron chi connectivity index (χ2n) is 23.4. The van der Waals surface area contributed by atoms with Gasteiger partial charge in [0.2, 0.25) is 0 Å². The molecule has 3 aromatic heterocycles. The van der Waals surface area contributed by atoms with E-state index < -0.39 is 0 Å². The van der Waals surface area contributed by atoms with Gasteiger partial charge in [0.05, 0.1) is 22.2 Å². The first kappa shape index (κ1) is 44.6. The average Bonchev–Trinajstić information content (AvgIpc) is 3.74. The summed E-state index contributed by atoms with van der Waals surface area (Å²) >= 11 is 0. The number of hydrogen-bond acceptors (Lipinski definition) is 1. The molecule has 1 unspecified atom stereocenters. The zero-order valence-corrected chi connectivity index (χ0v) is 42.0. The number of rotatable bonds is 6. The van der Waals surface area contributed by atoms with Crippen LogP contribution in [-0.2, 0) is 35.6 Å². The summed E-state index contributed by atoms with van der Waals surface area (Å²) in [7, 11) is 0. The maximum absolute atomic E-state index is 15.5. The Balaban J connectivity index is 1.31. The largest absolute Gasteiger partial charge is 0.338 e. The van der Waals surface area contributed by atoms with E-state index >= 15 is 4.79 Å². The van der Waals surface area contributed by atoms with Crippen molar-refractivity contribution in [1.82, 2.24) is 13.7 Å². The average molecular weight is 862 g/mol. The second kappa shape index (κ2) is 15.5. The first-order valence-electron chi connectivity index (χ1n) is 24.2. The van der Waals surface area contributed by atoms with Gasteiger partial charge in [-0.2, -0.15) is 0 Å². The lowest BCUT2D eigenvalue weighted by molar-refractivity contribution is 0.483. The van der Waals surface area contributed by atoms with E-state index in [1.807, 2.05) is 0 Å². The molecule has 1 aliphatic rings. The van der Waals surface area contributed by atoms with Gasteiger partial charge in [-0.1, -0.05) is 163 Å². The molecule has 0 bridgehead atoms. The topological polar surface area (TPSA) is 31.9 Å². The van der Waals surface area contributed by atoms with E-state index in [1.54, 1.807) is 0 Å². The Labute approximate surface area is 388 Å². The number of hydrogen-bond donors (Lipinski definition) is 0. The lowest BCUT2D eigenvalue weighted by atomic mass is 9.79. The Bertz CT molecular complexity index is 3290. The summed E-state index contributed by atoms with van der Waals surface area (Å²) < 4.78 is 7.57. The molecule has 1 aliphatic carbocycles. The molecule has 0 saturated carbocycles. The van der Waals surface area contributed by atoms with Crippen molar-refractivity contribution in [3.8, 4) is 11.4 Å². The van der Waals surface area contributed by atoms with E-state index in [1.165, 1.54) is 77.5 Å². The molecule has 0 spiro atoms. The summed E-state index contributed by atoms with van der Waals surface area (Å²) in [5.74, 6) is -0.102. The van der Waals surface area contributed by atoms with Crippen LogP contribution in [0.4, 0.5) is 0 Å². The van der Waals surface area contributed by atoms with E-state index in [-0.39, 0.29) is 33.0 Å². The number of fused-ring (bicyclic) bond motifs is 7. The van der Waals surface area contributed by atoms with E-state index in [9.17, 15) is 0 Å². The van der Waals surface area contributed by atoms with Crippen LogP contribution in [0.5, 0.6) is 0 Å². The molecule has 0 N–H and O–H groups in total. The summed E-state index contributed by atoms with van der Waals surface area (Å²) in [4.78, 5) is 15.5. The number of allylic oxidation sites excluding steroid dienone is 1. The maximum atomic E-state index is 15.5. The number of pyridine rings is 1. The molecule has 0 amide bonds. The SMILES string of the molecule is CCc1c(C(C)Cn2c3ccccc3c3cccc(-n4c5c(c6cc(C(C)(C)C)ccc64)C=C(C(C)(C)C)CC5)c32)c(=O)c2cc(C(C)(C)C)ccc2n1-c1ccc(C(C)(C)C)cc1C. The smallest absolute Gasteiger partial charge is 0.193 e. The molecule has 3 heterocycles. The van der Waals surface area contributed by atoms with Crippen molar-refractivity contribution in [2.75, 3.05) is 0 Å². The summed E-state index contributed by atoms with van der Waals surface area (Å²) in [5.41, 5.74) is 18.5. The predicted octanol–water partition coefficient (Wildman–Crippen LogP) is 16.0. The minimum atomic E-state index is -0.107. The fraction of sp³-hybridized carbons (Fsp3) is 0.393. The van der Waals surface area contributed by atoms with Gasteiger partial charge >= 0.3 is 0 Å². The molecule has 4 nitrogen and oxygen atoms in total. The molecule has 4 heteroatoms. The minimum absolute atomic E-state index is 0.0263. The molecule has 5 aromatic carbocycles. The highest BCUT2D eigenvalue weighted by Gasteiger charge is 2.30. The van der Waals surface area contributed by atoms with Crippen molar-refractivity contribution >= 4 is 49.7 Å². The number of aryl methyl sites for hydroxylation is 1. The van der Waals surface area contributed by atoms with Crippen LogP contribution >= 0.6 is 0 Å². The molecule has 0 fully saturated rings. The van der Waals surface area contributed by atoms with Crippen molar-refractivity contribution in [2.24, 2.45) is 5.41 Å². The van der Waals surface area contributed by atoms with E-state index in [0.29, 0.717) is 6.54 Å². The molecule has 9 rings (SSSR count). The Morgan fingerprint density at radius 1 is 0.569 bits per heavy atom. The molecule has 336 valence electrons. The Morgan fingerprint density at radius 2 is 1.15 bits per heavy atom. The van der Waals surface area contributed by atoms with Gasteiger partial charge in [-0.25, -0.2) is 0 Å². The van der Waals surface area contributed by atoms with E-state index in [2.05, 4.69) is 221 Å². The summed E-state index contributed by atoms with van der Waals surface area (Å²) in [6, 6.07) is 36.5. The van der Waals surface area contributed by atoms with Gasteiger partial charge in [-0.05, 0) is 113 Å². The Morgan fingerprint density at radius 3 is 1.77 bits per heavy atom. The molecular formula is C61H71N3O. The third-order valence-electron chi connectivity index (χ3n) is 14.7. The van der Waals surface area contributed by atoms with Crippen LogP contribution in [0.2, 0.25) is 0 Å². The van der Waals surface area contributed by atoms with Gasteiger partial charge in [-0.3, -0.25) is 4.79 Å². The first-order valence-corrected chi connectivity index (χ1v) is 24.2. The number of aromatic nitrogens is 3. The molecule has 1 atom stereocenters. The van der Waals surface area contributed by atoms with Crippen LogP contribution in [0.25, 0.3) is 61.1 Å². The quantitative estimate of drug-likeness (QED) is 0.164. The van der Waals surface area contributed by atoms with Crippen LogP contribution in [0.3, 0.4) is 0 Å². The molecule has 65 heavy (non-hydrogen) atoms. The minimum Gasteiger partial charge on any atom is -0.338 e. The molecular weight excluding hydrogens is 791 g/mol. The highest BCUT2D eigenvalue weighted by atomic mass is 16.1. The van der Waals surface area contributed by atoms with Crippen molar-refractivity contribution in [3.63, 3.8) is 0 Å². The van der Waals surface area contributed by atoms with Gasteiger partial charge < -0.3 is 13.7 Å². The van der Waals surface area contributed by atoms with E-state index in [4.69, 9.17) is 0 Å². The molecule has 8 aromatic rings. The number of nitrogens with zero attached hydrogens (tertiary/aromatic N) is 3. The number of para-hydroxylation sites is 2. The fourth-order valence-electron chi connectivity index (χ4n) is 10.9. The van der Waals surface area contributed by atoms with Gasteiger partial charge in [0, 0.05) is 67.7 Å². The highest BCUT2D eigenvalue weighted by molar-refractivity contribution is 6.11. The van der Waals surface area contributed by atoms with Gasteiger partial charge in [0.15, 0.2) is 5.43 Å². The van der Waals surface area contributed by atoms with Crippen LogP contribution in [0, 0.1) is 12.3 Å². The third-order valence-corrected chi connectivity index (χ3v) is 14.7. The predicted molar refractivity (Wildman–Crippen MR) is 280 cm³/mol. The summed E-state index contributed by atoms with van der Waals surface area (Å²) in [6.45, 7) is 34.9. The highest BCUT2D eigenvalue weighted by Crippen LogP contribution is 2.44. The van der Waals surface area contributed by atoms with Crippen molar-refractivity contribution in [3.05, 3.63) is 158 Å². The van der Waals surface area contributed by atoms with Gasteiger partial charge in [0.1, 0.15) is 0 Å². The third kappa shape index (κ3) is 7.50. The standard InChI is InChI=1S/C61H71N3O/c1-16-48-55(57(65)47-35-42(61(13,14)15)27-31-53(47)63(48)49-28-24-39(32-37(49)2)58(4,5)6)38(3)36-62-50-22-18-17-20-43(50)44-21-19-23-54(56(44)62)64-51-29-25-40(59(7,8)9)33-45(51)46-34-41(60(10,11)12)26-30-52(46)64/h17-25,27-29,31-35,38H,16,26,30,36H2,1-15H3. The van der Waals surface area contributed by atoms with Crippen molar-refractivity contribution < 1.29 is 0 Å². The van der Waals surface area contributed by atoms with Crippen LogP contribution in [0.15, 0.2) is 107 Å². The van der Waals surface area contributed by atoms with Gasteiger partial charge in [-0.15, -0.1) is 0 Å². The second-order valence-corrected chi connectivity index (χ2v) is 23.4.